The Morgan fingerprint density at radius 3 is 3.15 bits per heavy atom. The molecule has 0 aliphatic heterocycles. The van der Waals surface area contributed by atoms with E-state index in [4.69, 9.17) is 18.0 Å². The highest BCUT2D eigenvalue weighted by molar-refractivity contribution is 5.93. The van der Waals surface area contributed by atoms with Gasteiger partial charge in [-0.05, 0) is 6.42 Å². The number of hydrogen-bond acceptors (Lipinski definition) is 6. The molecule has 0 aromatic carbocycles. The topological polar surface area (TPSA) is 98.6 Å². The summed E-state index contributed by atoms with van der Waals surface area (Å²) >= 11 is 0. The third-order valence-electron chi connectivity index (χ3n) is 3.31. The maximum Gasteiger partial charge on any atom is 0.519 e. The summed E-state index contributed by atoms with van der Waals surface area (Å²) in [5, 5.41) is 0. The molecule has 3 aromatic heterocycles. The van der Waals surface area contributed by atoms with Crippen molar-refractivity contribution in [3.05, 3.63) is 46.2 Å². The second-order valence-electron chi connectivity index (χ2n) is 4.56. The zero-order chi connectivity index (χ0) is 13.7. The Morgan fingerprint density at radius 2 is 2.30 bits per heavy atom. The van der Waals surface area contributed by atoms with Crippen LogP contribution in [0.15, 0.2) is 36.4 Å². The van der Waals surface area contributed by atoms with Crippen LogP contribution in [-0.2, 0) is 11.2 Å². The van der Waals surface area contributed by atoms with Gasteiger partial charge < -0.3 is 23.0 Å². The Hall–Kier alpha value is -2.70. The molecule has 3 heterocycles. The normalized spacial score (nSPS) is 17.5. The summed E-state index contributed by atoms with van der Waals surface area (Å²) in [7, 11) is 0. The molecule has 1 aliphatic carbocycles. The van der Waals surface area contributed by atoms with Crippen molar-refractivity contribution in [2.45, 2.75) is 18.9 Å². The third kappa shape index (κ3) is 1.59. The third-order valence-corrected chi connectivity index (χ3v) is 3.31. The van der Waals surface area contributed by atoms with Gasteiger partial charge in [-0.25, -0.2) is 9.59 Å². The first-order valence-corrected chi connectivity index (χ1v) is 6.10. The molecule has 20 heavy (non-hydrogen) atoms. The molecule has 0 bridgehead atoms. The van der Waals surface area contributed by atoms with Crippen LogP contribution in [0.2, 0.25) is 0 Å². The van der Waals surface area contributed by atoms with E-state index >= 15 is 0 Å². The van der Waals surface area contributed by atoms with E-state index in [9.17, 15) is 9.59 Å². The molecule has 0 spiro atoms. The smallest absolute Gasteiger partial charge is 0.463 e. The minimum absolute atomic E-state index is 0.290. The first kappa shape index (κ1) is 11.2. The number of fused-ring (bicyclic) bond motifs is 2. The van der Waals surface area contributed by atoms with E-state index < -0.39 is 17.9 Å². The molecule has 7 heteroatoms. The van der Waals surface area contributed by atoms with Gasteiger partial charge in [0, 0.05) is 18.6 Å². The lowest BCUT2D eigenvalue weighted by atomic mass is 10.3. The Kier molecular flexibility index (Phi) is 2.17. The van der Waals surface area contributed by atoms with Crippen molar-refractivity contribution in [3.8, 4) is 0 Å². The fourth-order valence-electron chi connectivity index (χ4n) is 2.39. The first-order valence-electron chi connectivity index (χ1n) is 6.10. The van der Waals surface area contributed by atoms with Gasteiger partial charge in [-0.2, -0.15) is 0 Å². The van der Waals surface area contributed by atoms with Crippen LogP contribution in [0, 0.1) is 0 Å². The van der Waals surface area contributed by atoms with E-state index in [1.54, 1.807) is 12.1 Å². The van der Waals surface area contributed by atoms with Gasteiger partial charge in [0.2, 0.25) is 0 Å². The van der Waals surface area contributed by atoms with Crippen molar-refractivity contribution in [2.75, 3.05) is 0 Å². The summed E-state index contributed by atoms with van der Waals surface area (Å²) in [5.41, 5.74) is 1.59. The average molecular weight is 275 g/mol. The van der Waals surface area contributed by atoms with Crippen LogP contribution in [-0.4, -0.2) is 11.0 Å². The van der Waals surface area contributed by atoms with Crippen LogP contribution >= 0.6 is 0 Å². The maximum absolute atomic E-state index is 12.0. The maximum atomic E-state index is 12.0. The Balaban J connectivity index is 1.58. The van der Waals surface area contributed by atoms with Gasteiger partial charge in [0.05, 0.1) is 11.8 Å². The number of rotatable bonds is 2. The zero-order valence-corrected chi connectivity index (χ0v) is 10.2. The number of carbonyl (C=O) groups is 1. The SMILES string of the molecule is O=C(OC1CCc2oc(=O)oc21)c1cc2occc2[nH]1. The fraction of sp³-hybridized carbons (Fsp3) is 0.231. The van der Waals surface area contributed by atoms with E-state index in [2.05, 4.69) is 4.98 Å². The molecule has 102 valence electrons. The van der Waals surface area contributed by atoms with Crippen LogP contribution in [0.1, 0.15) is 34.5 Å². The molecular formula is C13H9NO6. The molecule has 7 nitrogen and oxygen atoms in total. The van der Waals surface area contributed by atoms with Crippen molar-refractivity contribution in [1.29, 1.82) is 0 Å². The summed E-state index contributed by atoms with van der Waals surface area (Å²) in [5.74, 6) is -0.544. The second kappa shape index (κ2) is 3.89. The molecule has 1 atom stereocenters. The first-order chi connectivity index (χ1) is 9.70. The minimum Gasteiger partial charge on any atom is -0.463 e. The van der Waals surface area contributed by atoms with Crippen molar-refractivity contribution >= 4 is 17.1 Å². The molecule has 1 unspecified atom stereocenters. The molecule has 3 aromatic rings. The highest BCUT2D eigenvalue weighted by atomic mass is 16.6. The van der Waals surface area contributed by atoms with Gasteiger partial charge in [0.1, 0.15) is 5.69 Å². The minimum atomic E-state index is -0.770. The van der Waals surface area contributed by atoms with E-state index in [-0.39, 0.29) is 0 Å². The van der Waals surface area contributed by atoms with Crippen molar-refractivity contribution < 1.29 is 22.8 Å². The van der Waals surface area contributed by atoms with Gasteiger partial charge in [-0.1, -0.05) is 0 Å². The summed E-state index contributed by atoms with van der Waals surface area (Å²) in [6, 6.07) is 3.29. The van der Waals surface area contributed by atoms with Crippen LogP contribution < -0.4 is 5.82 Å². The van der Waals surface area contributed by atoms with Crippen LogP contribution in [0.5, 0.6) is 0 Å². The van der Waals surface area contributed by atoms with E-state index in [1.165, 1.54) is 6.26 Å². The number of furan rings is 1. The molecule has 0 saturated carbocycles. The number of ether oxygens (including phenoxy) is 1. The number of aromatic nitrogens is 1. The van der Waals surface area contributed by atoms with E-state index in [0.29, 0.717) is 35.6 Å². The van der Waals surface area contributed by atoms with Crippen molar-refractivity contribution in [2.24, 2.45) is 0 Å². The number of carbonyl (C=O) groups excluding carboxylic acids is 1. The summed E-state index contributed by atoms with van der Waals surface area (Å²) in [4.78, 5) is 25.9. The largest absolute Gasteiger partial charge is 0.519 e. The number of aromatic amines is 1. The molecule has 0 amide bonds. The van der Waals surface area contributed by atoms with E-state index in [1.807, 2.05) is 0 Å². The van der Waals surface area contributed by atoms with Gasteiger partial charge >= 0.3 is 11.8 Å². The second-order valence-corrected chi connectivity index (χ2v) is 4.56. The van der Waals surface area contributed by atoms with Crippen LogP contribution in [0.4, 0.5) is 0 Å². The standard InChI is InChI=1S/C13H9NO6/c15-12(7-5-10-6(14-7)3-4-17-10)18-8-1-2-9-11(8)20-13(16)19-9/h3-5,8,14H,1-2H2. The van der Waals surface area contributed by atoms with Crippen molar-refractivity contribution in [3.63, 3.8) is 0 Å². The predicted octanol–water partition coefficient (Wildman–Crippen LogP) is 2.15. The van der Waals surface area contributed by atoms with Crippen LogP contribution in [0.3, 0.4) is 0 Å². The molecule has 4 rings (SSSR count). The lowest BCUT2D eigenvalue weighted by Crippen LogP contribution is -2.10. The Labute approximate surface area is 111 Å². The predicted molar refractivity (Wildman–Crippen MR) is 64.3 cm³/mol. The molecule has 1 N–H and O–H groups in total. The summed E-state index contributed by atoms with van der Waals surface area (Å²) in [6.45, 7) is 0. The number of aryl methyl sites for hydroxylation is 1. The highest BCUT2D eigenvalue weighted by Gasteiger charge is 2.33. The molecule has 1 aliphatic rings. The van der Waals surface area contributed by atoms with Crippen molar-refractivity contribution in [1.82, 2.24) is 4.98 Å². The fourth-order valence-corrected chi connectivity index (χ4v) is 2.39. The van der Waals surface area contributed by atoms with Gasteiger partial charge in [-0.3, -0.25) is 0 Å². The Bertz CT molecular complexity index is 819. The van der Waals surface area contributed by atoms with Gasteiger partial charge in [0.25, 0.3) is 0 Å². The summed E-state index contributed by atoms with van der Waals surface area (Å²) in [6.07, 6.45) is 2.00. The van der Waals surface area contributed by atoms with Crippen LogP contribution in [0.25, 0.3) is 11.1 Å². The highest BCUT2D eigenvalue weighted by Crippen LogP contribution is 2.34. The van der Waals surface area contributed by atoms with Gasteiger partial charge in [-0.15, -0.1) is 0 Å². The molecule has 0 radical (unpaired) electrons. The number of H-pyrrole nitrogens is 1. The number of hydrogen-bond donors (Lipinski definition) is 1. The molecule has 0 fully saturated rings. The molecular weight excluding hydrogens is 266 g/mol. The number of nitrogens with one attached hydrogen (secondary N) is 1. The lowest BCUT2D eigenvalue weighted by Gasteiger charge is -2.08. The summed E-state index contributed by atoms with van der Waals surface area (Å²) < 4.78 is 20.2. The number of esters is 1. The monoisotopic (exact) mass is 275 g/mol. The molecule has 0 saturated heterocycles. The Morgan fingerprint density at radius 1 is 1.40 bits per heavy atom. The zero-order valence-electron chi connectivity index (χ0n) is 10.2. The van der Waals surface area contributed by atoms with E-state index in [0.717, 1.165) is 5.52 Å². The quantitative estimate of drug-likeness (QED) is 0.719. The lowest BCUT2D eigenvalue weighted by molar-refractivity contribution is 0.0241. The van der Waals surface area contributed by atoms with Gasteiger partial charge in [0.15, 0.2) is 23.2 Å². The average Bonchev–Trinajstić information content (AvgIpc) is 3.09.